The minimum absolute atomic E-state index is 0.0234. The topological polar surface area (TPSA) is 721 Å². The van der Waals surface area contributed by atoms with Crippen LogP contribution in [0.15, 0.2) is 0 Å². The second-order valence-electron chi connectivity index (χ2n) is 31.6. The van der Waals surface area contributed by atoms with Gasteiger partial charge in [-0.15, -0.1) is 0 Å². The lowest BCUT2D eigenvalue weighted by Crippen LogP contribution is -2.61. The van der Waals surface area contributed by atoms with Crippen LogP contribution in [0.5, 0.6) is 0 Å². The van der Waals surface area contributed by atoms with Gasteiger partial charge in [0.2, 0.25) is 112 Å². The van der Waals surface area contributed by atoms with Gasteiger partial charge >= 0.3 is 11.9 Å². The Balaban J connectivity index is 1.28. The molecule has 0 spiro atoms. The molecule has 4 aliphatic rings. The Labute approximate surface area is 721 Å². The van der Waals surface area contributed by atoms with Crippen molar-refractivity contribution in [2.45, 2.75) is 281 Å². The number of guanidine groups is 1. The molecule has 0 unspecified atom stereocenters. The van der Waals surface area contributed by atoms with Crippen LogP contribution >= 0.6 is 12.6 Å². The Morgan fingerprint density at radius 3 is 1.19 bits per heavy atom. The SMILES string of the molecule is CC(C)C[C@H](NC(=O)[C@H](C)NC(=O)CNC(=O)[C@H](CC(=O)O)NC(=O)[C@H](C)NC(=O)[C@@H]1CCCN1C(=O)[C@@H]1CCCN1C(=O)[C@@H]1CCCN1C(=O)[C@@H]1CCCN1C(=O)[C@@H](NC(=O)[C@H](CCCNC(=N)N)NC(=O)CN)[C@@H](C)O)C(=O)N[C@@H](C)C(=O)N[C@H](C(=O)N[C@@H](C)C(=O)N[C@@H](CS)C(=O)N[C@@H](C)C(=O)N[C@@H](C)C(=O)N[C@@H](C)C(=O)N[C@@H](C)C(=O)O)[C@@H](C)O. The summed E-state index contributed by atoms with van der Waals surface area (Å²) in [4.78, 5) is 285. The summed E-state index contributed by atoms with van der Waals surface area (Å²) in [7, 11) is 0. The van der Waals surface area contributed by atoms with Crippen LogP contribution in [0.4, 0.5) is 0 Å². The van der Waals surface area contributed by atoms with E-state index in [2.05, 4.69) is 97.7 Å². The van der Waals surface area contributed by atoms with Crippen LogP contribution in [0.25, 0.3) is 0 Å². The molecule has 0 aromatic rings. The first-order valence-electron chi connectivity index (χ1n) is 41.0. The van der Waals surface area contributed by atoms with Crippen LogP contribution in [0.2, 0.25) is 0 Å². The summed E-state index contributed by atoms with van der Waals surface area (Å²) in [5.74, 6) is -20.4. The van der Waals surface area contributed by atoms with E-state index in [1.54, 1.807) is 13.8 Å². The second kappa shape index (κ2) is 49.6. The van der Waals surface area contributed by atoms with Gasteiger partial charge in [0.25, 0.3) is 0 Å². The highest BCUT2D eigenvalue weighted by molar-refractivity contribution is 7.80. The van der Waals surface area contributed by atoms with Crippen LogP contribution in [0.1, 0.15) is 160 Å². The smallest absolute Gasteiger partial charge is 0.325 e. The van der Waals surface area contributed by atoms with Gasteiger partial charge in [0, 0.05) is 38.5 Å². The van der Waals surface area contributed by atoms with E-state index in [9.17, 15) is 116 Å². The molecule has 124 heavy (non-hydrogen) atoms. The number of carbonyl (C=O) groups excluding carboxylic acids is 19. The van der Waals surface area contributed by atoms with Crippen molar-refractivity contribution in [3.63, 3.8) is 0 Å². The van der Waals surface area contributed by atoms with Gasteiger partial charge in [0.05, 0.1) is 31.7 Å². The highest BCUT2D eigenvalue weighted by Gasteiger charge is 2.50. The Bertz CT molecular complexity index is 3930. The Morgan fingerprint density at radius 1 is 0.395 bits per heavy atom. The highest BCUT2D eigenvalue weighted by atomic mass is 32.1. The van der Waals surface area contributed by atoms with Crippen LogP contribution in [0.3, 0.4) is 0 Å². The number of aliphatic hydroxyl groups is 2. The van der Waals surface area contributed by atoms with E-state index < -0.39 is 265 Å². The quantitative estimate of drug-likeness (QED) is 0.0116. The van der Waals surface area contributed by atoms with Crippen molar-refractivity contribution in [3.8, 4) is 0 Å². The number of likely N-dealkylation sites (tertiary alicyclic amines) is 4. The number of rotatable bonds is 46. The molecule has 4 fully saturated rings. The van der Waals surface area contributed by atoms with E-state index in [0.717, 1.165) is 6.92 Å². The predicted octanol–water partition coefficient (Wildman–Crippen LogP) is -10.5. The molecule has 49 heteroatoms. The number of carbonyl (C=O) groups is 21. The number of aliphatic hydroxyl groups excluding tert-OH is 2. The molecule has 4 heterocycles. The molecular formula is C75H123N23O25S. The third-order valence-electron chi connectivity index (χ3n) is 20.8. The van der Waals surface area contributed by atoms with E-state index >= 15 is 0 Å². The Morgan fingerprint density at radius 2 is 0.758 bits per heavy atom. The van der Waals surface area contributed by atoms with E-state index in [1.165, 1.54) is 81.9 Å². The molecule has 0 radical (unpaired) electrons. The third-order valence-corrected chi connectivity index (χ3v) is 21.2. The van der Waals surface area contributed by atoms with Crippen molar-refractivity contribution < 1.29 is 121 Å². The summed E-state index contributed by atoms with van der Waals surface area (Å²) < 4.78 is 0. The van der Waals surface area contributed by atoms with Crippen molar-refractivity contribution in [2.75, 3.05) is 51.6 Å². The minimum atomic E-state index is -1.86. The molecule has 0 aliphatic carbocycles. The van der Waals surface area contributed by atoms with Crippen molar-refractivity contribution in [3.05, 3.63) is 0 Å². The number of hydrogen-bond acceptors (Lipinski definition) is 26. The van der Waals surface area contributed by atoms with Crippen molar-refractivity contribution >= 4 is 143 Å². The Hall–Kier alpha value is -11.6. The number of nitrogens with one attached hydrogen (secondary N) is 17. The molecule has 694 valence electrons. The van der Waals surface area contributed by atoms with Gasteiger partial charge in [0.1, 0.15) is 109 Å². The average molecular weight is 1780 g/mol. The highest BCUT2D eigenvalue weighted by Crippen LogP contribution is 2.31. The lowest BCUT2D eigenvalue weighted by Gasteiger charge is -2.36. The van der Waals surface area contributed by atoms with Crippen molar-refractivity contribution in [1.82, 2.24) is 105 Å². The number of nitrogens with two attached hydrogens (primary N) is 2. The zero-order valence-electron chi connectivity index (χ0n) is 71.5. The molecule has 25 N–H and O–H groups in total. The van der Waals surface area contributed by atoms with Crippen molar-refractivity contribution in [2.24, 2.45) is 17.4 Å². The number of thiol groups is 1. The monoisotopic (exact) mass is 1780 g/mol. The van der Waals surface area contributed by atoms with E-state index in [1.807, 2.05) is 0 Å². The number of carboxylic acids is 2. The van der Waals surface area contributed by atoms with Gasteiger partial charge in [-0.1, -0.05) is 13.8 Å². The third kappa shape index (κ3) is 31.6. The summed E-state index contributed by atoms with van der Waals surface area (Å²) in [6, 6.07) is -24.5. The maximum Gasteiger partial charge on any atom is 0.325 e. The minimum Gasteiger partial charge on any atom is -0.481 e. The fourth-order valence-electron chi connectivity index (χ4n) is 13.8. The van der Waals surface area contributed by atoms with E-state index in [-0.39, 0.29) is 95.3 Å². The summed E-state index contributed by atoms with van der Waals surface area (Å²) in [5.41, 5.74) is 10.8. The van der Waals surface area contributed by atoms with E-state index in [4.69, 9.17) is 22.0 Å². The Kier molecular flexibility index (Phi) is 41.9. The van der Waals surface area contributed by atoms with Gasteiger partial charge in [0.15, 0.2) is 5.96 Å². The van der Waals surface area contributed by atoms with E-state index in [0.29, 0.717) is 25.7 Å². The molecule has 4 saturated heterocycles. The first-order chi connectivity index (χ1) is 58.0. The second-order valence-corrected chi connectivity index (χ2v) is 31.9. The molecule has 19 amide bonds. The normalized spacial score (nSPS) is 19.9. The molecular weight excluding hydrogens is 1660 g/mol. The van der Waals surface area contributed by atoms with Gasteiger partial charge in [-0.05, 0) is 146 Å². The summed E-state index contributed by atoms with van der Waals surface area (Å²) >= 11 is 4.11. The largest absolute Gasteiger partial charge is 0.481 e. The number of hydrogen-bond donors (Lipinski definition) is 24. The van der Waals surface area contributed by atoms with Crippen LogP contribution in [0, 0.1) is 11.3 Å². The number of aliphatic carboxylic acids is 2. The zero-order chi connectivity index (χ0) is 93.6. The summed E-state index contributed by atoms with van der Waals surface area (Å²) in [6.07, 6.45) is -1.79. The molecule has 0 bridgehead atoms. The van der Waals surface area contributed by atoms with Crippen LogP contribution in [-0.2, 0) is 101 Å². The van der Waals surface area contributed by atoms with Gasteiger partial charge in [-0.2, -0.15) is 12.6 Å². The molecule has 4 rings (SSSR count). The number of carboxylic acid groups (broad SMARTS) is 2. The summed E-state index contributed by atoms with van der Waals surface area (Å²) in [6.45, 7) is 14.8. The number of nitrogens with zero attached hydrogens (tertiary/aromatic N) is 4. The predicted molar refractivity (Wildman–Crippen MR) is 439 cm³/mol. The average Bonchev–Trinajstić information content (AvgIpc) is 1.63. The summed E-state index contributed by atoms with van der Waals surface area (Å²) in [5, 5.41) is 85.4. The van der Waals surface area contributed by atoms with Crippen molar-refractivity contribution in [1.29, 1.82) is 5.41 Å². The van der Waals surface area contributed by atoms with Gasteiger partial charge in [-0.3, -0.25) is 106 Å². The van der Waals surface area contributed by atoms with Crippen LogP contribution < -0.4 is 96.5 Å². The van der Waals surface area contributed by atoms with Gasteiger partial charge < -0.3 is 137 Å². The fraction of sp³-hybridized carbons (Fsp3) is 0.707. The number of amides is 19. The zero-order valence-corrected chi connectivity index (χ0v) is 72.4. The molecule has 0 saturated carbocycles. The first-order valence-corrected chi connectivity index (χ1v) is 41.6. The lowest BCUT2D eigenvalue weighted by atomic mass is 10.0. The first kappa shape index (κ1) is 105. The lowest BCUT2D eigenvalue weighted by molar-refractivity contribution is -0.153. The van der Waals surface area contributed by atoms with Crippen LogP contribution in [-0.4, -0.2) is 343 Å². The maximum atomic E-state index is 14.6. The standard InChI is InChI=1S/C75H123N23O25S/c1-33(2)28-45(66(114)84-40(9)63(111)93-55(42(11)99)69(117)87-39(8)62(110)92-47(32-124)67(115)85-37(6)58(106)82-35(4)57(105)83-36(5)59(107)88-41(10)74(122)123)90-60(108)34(3)81-53(102)31-80-64(112)46(29-54(103)104)91-61(109)38(7)86-68(116)48-19-14-24-95(48)70(118)49-20-15-25-96(49)71(119)50-21-16-26-97(50)72(120)51-22-17-27-98(51)73(121)56(43(12)100)94-65(113)44(89-52(101)30-76)18-13-23-79-75(77)78/h33-51,55-56,99-100,124H,13-32,76H2,1-12H3,(H,80,112)(H,81,102)(H,82,106)(H,83,105)(H,84,114)(H,85,115)(H,86,116)(H,87,117)(H,88,107)(H,89,101)(H,90,108)(H,91,109)(H,92,110)(H,93,111)(H,94,113)(H,103,104)(H,122,123)(H4,77,78,79)/t34-,35-,36-,37-,38-,39-,40-,41-,42+,43+,44-,45-,46-,47-,48-,49-,50-,51-,55-,56-/m0/s1. The maximum absolute atomic E-state index is 14.6. The molecule has 4 aliphatic heterocycles. The molecule has 0 aromatic carbocycles. The fourth-order valence-corrected chi connectivity index (χ4v) is 14.1. The molecule has 0 aromatic heterocycles. The molecule has 20 atom stereocenters. The van der Waals surface area contributed by atoms with Gasteiger partial charge in [-0.25, -0.2) is 0 Å². The molecule has 48 nitrogen and oxygen atoms in total.